The molecule has 0 atom stereocenters. The summed E-state index contributed by atoms with van der Waals surface area (Å²) >= 11 is 0. The number of rotatable bonds is 8. The first-order valence-corrected chi connectivity index (χ1v) is 6.47. The van der Waals surface area contributed by atoms with Crippen LogP contribution in [-0.2, 0) is 15.9 Å². The summed E-state index contributed by atoms with van der Waals surface area (Å²) in [7, 11) is 0. The molecule has 0 unspecified atom stereocenters. The van der Waals surface area contributed by atoms with Crippen LogP contribution in [0.5, 0.6) is 0 Å². The standard InChI is InChI=1S/C13H25N3O2/c1-6-17-12(2,3)7-8-18-13(4,5)9-11-10-14-16-15-11/h10H,6-9H2,1-5H3,(H,14,15,16). The first-order chi connectivity index (χ1) is 8.35. The summed E-state index contributed by atoms with van der Waals surface area (Å²) in [5, 5.41) is 10.5. The Balaban J connectivity index is 2.33. The van der Waals surface area contributed by atoms with Crippen LogP contribution in [0.15, 0.2) is 6.20 Å². The molecule has 1 aromatic heterocycles. The highest BCUT2D eigenvalue weighted by molar-refractivity contribution is 4.96. The van der Waals surface area contributed by atoms with E-state index >= 15 is 0 Å². The predicted octanol–water partition coefficient (Wildman–Crippen LogP) is 2.35. The van der Waals surface area contributed by atoms with Gasteiger partial charge in [0.15, 0.2) is 0 Å². The molecule has 0 aliphatic carbocycles. The number of aromatic amines is 1. The molecule has 5 nitrogen and oxygen atoms in total. The smallest absolute Gasteiger partial charge is 0.0853 e. The van der Waals surface area contributed by atoms with Crippen molar-refractivity contribution in [3.05, 3.63) is 11.9 Å². The molecule has 0 aliphatic rings. The van der Waals surface area contributed by atoms with Crippen molar-refractivity contribution < 1.29 is 9.47 Å². The summed E-state index contributed by atoms with van der Waals surface area (Å²) in [6, 6.07) is 0. The quantitative estimate of drug-likeness (QED) is 0.774. The maximum absolute atomic E-state index is 5.92. The van der Waals surface area contributed by atoms with Gasteiger partial charge in [-0.15, -0.1) is 0 Å². The number of nitrogens with zero attached hydrogens (tertiary/aromatic N) is 2. The molecule has 0 bridgehead atoms. The van der Waals surface area contributed by atoms with Gasteiger partial charge in [-0.05, 0) is 41.0 Å². The molecular weight excluding hydrogens is 230 g/mol. The minimum atomic E-state index is -0.237. The van der Waals surface area contributed by atoms with Crippen LogP contribution in [0.2, 0.25) is 0 Å². The monoisotopic (exact) mass is 255 g/mol. The van der Waals surface area contributed by atoms with Crippen molar-refractivity contribution in [1.29, 1.82) is 0 Å². The Kier molecular flexibility index (Phi) is 5.28. The number of nitrogens with one attached hydrogen (secondary N) is 1. The average Bonchev–Trinajstić information content (AvgIpc) is 2.68. The van der Waals surface area contributed by atoms with Crippen molar-refractivity contribution in [3.63, 3.8) is 0 Å². The highest BCUT2D eigenvalue weighted by Gasteiger charge is 2.23. The molecule has 1 heterocycles. The van der Waals surface area contributed by atoms with Gasteiger partial charge in [-0.1, -0.05) is 0 Å². The maximum atomic E-state index is 5.92. The van der Waals surface area contributed by atoms with Gasteiger partial charge in [0.25, 0.3) is 0 Å². The first kappa shape index (κ1) is 15.1. The Morgan fingerprint density at radius 3 is 2.44 bits per heavy atom. The lowest BCUT2D eigenvalue weighted by Crippen LogP contribution is -2.32. The zero-order valence-electron chi connectivity index (χ0n) is 12.1. The first-order valence-electron chi connectivity index (χ1n) is 6.47. The van der Waals surface area contributed by atoms with E-state index in [2.05, 4.69) is 43.1 Å². The van der Waals surface area contributed by atoms with Gasteiger partial charge < -0.3 is 9.47 Å². The number of ether oxygens (including phenoxy) is 2. The van der Waals surface area contributed by atoms with Gasteiger partial charge in [0, 0.05) is 13.0 Å². The summed E-state index contributed by atoms with van der Waals surface area (Å²) in [6.45, 7) is 11.7. The summed E-state index contributed by atoms with van der Waals surface area (Å²) in [5.41, 5.74) is 0.557. The van der Waals surface area contributed by atoms with Crippen LogP contribution in [0.1, 0.15) is 46.7 Å². The van der Waals surface area contributed by atoms with E-state index in [4.69, 9.17) is 9.47 Å². The third-order valence-corrected chi connectivity index (χ3v) is 2.80. The number of hydrogen-bond acceptors (Lipinski definition) is 4. The molecular formula is C13H25N3O2. The molecule has 0 saturated carbocycles. The molecule has 18 heavy (non-hydrogen) atoms. The summed E-state index contributed by atoms with van der Waals surface area (Å²) in [4.78, 5) is 0. The Morgan fingerprint density at radius 1 is 1.17 bits per heavy atom. The molecule has 0 amide bonds. The second-order valence-corrected chi connectivity index (χ2v) is 5.69. The Bertz CT molecular complexity index is 334. The lowest BCUT2D eigenvalue weighted by molar-refractivity contribution is -0.0689. The SMILES string of the molecule is CCOC(C)(C)CCOC(C)(C)Cc1cn[nH]n1. The number of H-pyrrole nitrogens is 1. The van der Waals surface area contributed by atoms with E-state index < -0.39 is 0 Å². The Morgan fingerprint density at radius 2 is 1.89 bits per heavy atom. The van der Waals surface area contributed by atoms with E-state index in [0.717, 1.165) is 25.1 Å². The van der Waals surface area contributed by atoms with E-state index in [0.29, 0.717) is 6.61 Å². The molecule has 0 aromatic carbocycles. The van der Waals surface area contributed by atoms with Crippen LogP contribution >= 0.6 is 0 Å². The second-order valence-electron chi connectivity index (χ2n) is 5.69. The van der Waals surface area contributed by atoms with Crippen LogP contribution in [0.25, 0.3) is 0 Å². The van der Waals surface area contributed by atoms with Gasteiger partial charge in [-0.2, -0.15) is 15.4 Å². The zero-order chi connectivity index (χ0) is 13.6. The minimum Gasteiger partial charge on any atom is -0.376 e. The van der Waals surface area contributed by atoms with Crippen molar-refractivity contribution in [2.24, 2.45) is 0 Å². The predicted molar refractivity (Wildman–Crippen MR) is 70.4 cm³/mol. The maximum Gasteiger partial charge on any atom is 0.0853 e. The van der Waals surface area contributed by atoms with Crippen molar-refractivity contribution in [2.45, 2.75) is 58.7 Å². The molecule has 0 aliphatic heterocycles. The van der Waals surface area contributed by atoms with Gasteiger partial charge in [0.1, 0.15) is 0 Å². The van der Waals surface area contributed by atoms with Gasteiger partial charge >= 0.3 is 0 Å². The van der Waals surface area contributed by atoms with Crippen molar-refractivity contribution in [3.8, 4) is 0 Å². The normalized spacial score (nSPS) is 12.9. The zero-order valence-corrected chi connectivity index (χ0v) is 12.1. The average molecular weight is 255 g/mol. The summed E-state index contributed by atoms with van der Waals surface area (Å²) in [5.74, 6) is 0. The molecule has 5 heteroatoms. The Labute approximate surface area is 109 Å². The van der Waals surface area contributed by atoms with Gasteiger partial charge in [0.05, 0.1) is 29.7 Å². The van der Waals surface area contributed by atoms with E-state index in [1.807, 2.05) is 6.92 Å². The molecule has 1 rings (SSSR count). The third-order valence-electron chi connectivity index (χ3n) is 2.80. The molecule has 104 valence electrons. The van der Waals surface area contributed by atoms with Gasteiger partial charge in [-0.3, -0.25) is 0 Å². The van der Waals surface area contributed by atoms with Crippen molar-refractivity contribution in [2.75, 3.05) is 13.2 Å². The van der Waals surface area contributed by atoms with Crippen LogP contribution in [0.3, 0.4) is 0 Å². The van der Waals surface area contributed by atoms with Crippen molar-refractivity contribution >= 4 is 0 Å². The van der Waals surface area contributed by atoms with Gasteiger partial charge in [-0.25, -0.2) is 0 Å². The largest absolute Gasteiger partial charge is 0.376 e. The molecule has 0 spiro atoms. The molecule has 1 N–H and O–H groups in total. The van der Waals surface area contributed by atoms with Crippen molar-refractivity contribution in [1.82, 2.24) is 15.4 Å². The molecule has 0 radical (unpaired) electrons. The van der Waals surface area contributed by atoms with Crippen LogP contribution in [-0.4, -0.2) is 39.8 Å². The fourth-order valence-corrected chi connectivity index (χ4v) is 1.83. The third kappa shape index (κ3) is 5.60. The van der Waals surface area contributed by atoms with E-state index in [9.17, 15) is 0 Å². The van der Waals surface area contributed by atoms with Gasteiger partial charge in [0.2, 0.25) is 0 Å². The number of hydrogen-bond donors (Lipinski definition) is 1. The van der Waals surface area contributed by atoms with E-state index in [1.165, 1.54) is 0 Å². The Hall–Kier alpha value is -0.940. The molecule has 0 saturated heterocycles. The van der Waals surface area contributed by atoms with E-state index in [-0.39, 0.29) is 11.2 Å². The second kappa shape index (κ2) is 6.29. The highest BCUT2D eigenvalue weighted by atomic mass is 16.5. The lowest BCUT2D eigenvalue weighted by atomic mass is 10.0. The topological polar surface area (TPSA) is 60.0 Å². The minimum absolute atomic E-state index is 0.126. The molecule has 0 fully saturated rings. The highest BCUT2D eigenvalue weighted by Crippen LogP contribution is 2.19. The fourth-order valence-electron chi connectivity index (χ4n) is 1.83. The number of aromatic nitrogens is 3. The van der Waals surface area contributed by atoms with Crippen LogP contribution in [0, 0.1) is 0 Å². The fraction of sp³-hybridized carbons (Fsp3) is 0.846. The van der Waals surface area contributed by atoms with Crippen LogP contribution in [0.4, 0.5) is 0 Å². The molecule has 1 aromatic rings. The van der Waals surface area contributed by atoms with Crippen LogP contribution < -0.4 is 0 Å². The summed E-state index contributed by atoms with van der Waals surface area (Å²) < 4.78 is 11.6. The van der Waals surface area contributed by atoms with E-state index in [1.54, 1.807) is 6.20 Å². The lowest BCUT2D eigenvalue weighted by Gasteiger charge is -2.29. The summed E-state index contributed by atoms with van der Waals surface area (Å²) in [6.07, 6.45) is 3.36.